The maximum atomic E-state index is 12.5. The first-order valence-corrected chi connectivity index (χ1v) is 9.75. The average molecular weight is 394 g/mol. The highest BCUT2D eigenvalue weighted by atomic mass is 16.5. The average Bonchev–Trinajstić information content (AvgIpc) is 3.23. The van der Waals surface area contributed by atoms with E-state index in [1.54, 1.807) is 6.07 Å². The lowest BCUT2D eigenvalue weighted by Crippen LogP contribution is -2.14. The van der Waals surface area contributed by atoms with Gasteiger partial charge in [0.15, 0.2) is 12.2 Å². The molecule has 3 rings (SSSR count). The maximum absolute atomic E-state index is 12.5. The zero-order valence-corrected chi connectivity index (χ0v) is 17.3. The summed E-state index contributed by atoms with van der Waals surface area (Å²) in [6.07, 6.45) is 3.69. The van der Waals surface area contributed by atoms with Crippen molar-refractivity contribution in [2.24, 2.45) is 5.92 Å². The Kier molecular flexibility index (Phi) is 6.32. The number of hydrogen-bond donors (Lipinski definition) is 0. The minimum absolute atomic E-state index is 0.211. The summed E-state index contributed by atoms with van der Waals surface area (Å²) in [4.78, 5) is 28.7. The summed E-state index contributed by atoms with van der Waals surface area (Å²) in [6, 6.07) is 9.19. The number of benzene rings is 1. The second-order valence-electron chi connectivity index (χ2n) is 7.50. The molecule has 2 heterocycles. The number of aromatic nitrogens is 2. The number of rotatable bonds is 8. The Bertz CT molecular complexity index is 1020. The molecule has 29 heavy (non-hydrogen) atoms. The molecule has 2 aromatic heterocycles. The Labute approximate surface area is 170 Å². The molecule has 152 valence electrons. The molecule has 0 unspecified atom stereocenters. The minimum Gasteiger partial charge on any atom is -0.454 e. The quantitative estimate of drug-likeness (QED) is 0.314. The van der Waals surface area contributed by atoms with Gasteiger partial charge in [-0.1, -0.05) is 26.0 Å². The lowest BCUT2D eigenvalue weighted by Gasteiger charge is -2.11. The molecule has 0 aliphatic carbocycles. The predicted octanol–water partition coefficient (Wildman–Crippen LogP) is 4.73. The number of oxazole rings is 1. The molecule has 0 saturated heterocycles. The van der Waals surface area contributed by atoms with Gasteiger partial charge in [0.25, 0.3) is 0 Å². The molecule has 0 radical (unpaired) electrons. The molecule has 6 heteroatoms. The first-order valence-electron chi connectivity index (χ1n) is 9.75. The van der Waals surface area contributed by atoms with Crippen molar-refractivity contribution in [3.8, 4) is 0 Å². The van der Waals surface area contributed by atoms with Crippen LogP contribution in [-0.2, 0) is 16.1 Å². The van der Waals surface area contributed by atoms with Gasteiger partial charge in [0, 0.05) is 35.6 Å². The van der Waals surface area contributed by atoms with Crippen molar-refractivity contribution in [3.05, 3.63) is 59.2 Å². The highest BCUT2D eigenvalue weighted by Crippen LogP contribution is 2.18. The summed E-state index contributed by atoms with van der Waals surface area (Å²) < 4.78 is 12.8. The van der Waals surface area contributed by atoms with Crippen molar-refractivity contribution >= 4 is 28.9 Å². The molecular formula is C23H26N2O4. The topological polar surface area (TPSA) is 74.3 Å². The molecule has 0 fully saturated rings. The Morgan fingerprint density at radius 2 is 2.00 bits per heavy atom. The molecular weight excluding hydrogens is 368 g/mol. The molecule has 0 aliphatic rings. The molecule has 0 bridgehead atoms. The Morgan fingerprint density at radius 3 is 2.72 bits per heavy atom. The van der Waals surface area contributed by atoms with Crippen molar-refractivity contribution in [2.45, 2.75) is 40.7 Å². The number of esters is 1. The number of carbonyl (C=O) groups excluding carboxylic acids is 2. The highest BCUT2D eigenvalue weighted by molar-refractivity contribution is 6.00. The van der Waals surface area contributed by atoms with Crippen molar-refractivity contribution in [1.29, 1.82) is 0 Å². The molecule has 0 saturated carbocycles. The normalized spacial score (nSPS) is 11.6. The smallest absolute Gasteiger partial charge is 0.331 e. The summed E-state index contributed by atoms with van der Waals surface area (Å²) in [5.74, 6) is 0.0687. The molecule has 0 atom stereocenters. The Morgan fingerprint density at radius 1 is 1.24 bits per heavy atom. The van der Waals surface area contributed by atoms with Gasteiger partial charge in [-0.15, -0.1) is 0 Å². The second-order valence-corrected chi connectivity index (χ2v) is 7.50. The number of fused-ring (bicyclic) bond motifs is 1. The highest BCUT2D eigenvalue weighted by Gasteiger charge is 2.17. The number of hydrogen-bond acceptors (Lipinski definition) is 5. The van der Waals surface area contributed by atoms with Crippen LogP contribution in [0.2, 0.25) is 0 Å². The van der Waals surface area contributed by atoms with E-state index in [0.717, 1.165) is 24.4 Å². The standard InChI is InChI=1S/C23H26N2O4/c1-15(2)11-12-25-16(3)13-18(17(25)4)20(26)14-28-23(27)10-9-22-24-19-7-5-6-8-21(19)29-22/h5-10,13,15H,11-12,14H2,1-4H3/b10-9+. The number of carbonyl (C=O) groups is 2. The third-order valence-electron chi connectivity index (χ3n) is 4.82. The summed E-state index contributed by atoms with van der Waals surface area (Å²) in [5, 5.41) is 0. The Hall–Kier alpha value is -3.15. The number of nitrogens with zero attached hydrogens (tertiary/aromatic N) is 2. The second kappa shape index (κ2) is 8.90. The SMILES string of the molecule is Cc1cc(C(=O)COC(=O)/C=C/c2nc3ccccc3o2)c(C)n1CCC(C)C. The van der Waals surface area contributed by atoms with E-state index in [2.05, 4.69) is 23.4 Å². The molecule has 0 aliphatic heterocycles. The predicted molar refractivity (Wildman–Crippen MR) is 112 cm³/mol. The van der Waals surface area contributed by atoms with Crippen LogP contribution in [0.1, 0.15) is 47.9 Å². The van der Waals surface area contributed by atoms with E-state index in [0.29, 0.717) is 28.5 Å². The van der Waals surface area contributed by atoms with E-state index in [1.807, 2.05) is 38.1 Å². The molecule has 3 aromatic rings. The fraction of sp³-hybridized carbons (Fsp3) is 0.348. The van der Waals surface area contributed by atoms with Crippen LogP contribution in [0.15, 0.2) is 40.8 Å². The molecule has 0 amide bonds. The monoisotopic (exact) mass is 394 g/mol. The van der Waals surface area contributed by atoms with E-state index in [9.17, 15) is 9.59 Å². The van der Waals surface area contributed by atoms with Gasteiger partial charge >= 0.3 is 5.97 Å². The van der Waals surface area contributed by atoms with Crippen LogP contribution in [0.5, 0.6) is 0 Å². The fourth-order valence-electron chi connectivity index (χ4n) is 3.18. The van der Waals surface area contributed by atoms with Crippen LogP contribution in [0.4, 0.5) is 0 Å². The van der Waals surface area contributed by atoms with Crippen LogP contribution in [0.3, 0.4) is 0 Å². The largest absolute Gasteiger partial charge is 0.454 e. The summed E-state index contributed by atoms with van der Waals surface area (Å²) in [5.41, 5.74) is 3.90. The third kappa shape index (κ3) is 5.02. The van der Waals surface area contributed by atoms with Gasteiger partial charge < -0.3 is 13.7 Å². The zero-order chi connectivity index (χ0) is 21.0. The zero-order valence-electron chi connectivity index (χ0n) is 17.3. The molecule has 1 aromatic carbocycles. The number of ketones is 1. The van der Waals surface area contributed by atoms with Crippen LogP contribution in [0, 0.1) is 19.8 Å². The number of para-hydroxylation sites is 2. The van der Waals surface area contributed by atoms with Crippen molar-refractivity contribution in [1.82, 2.24) is 9.55 Å². The van der Waals surface area contributed by atoms with Crippen molar-refractivity contribution < 1.29 is 18.7 Å². The fourth-order valence-corrected chi connectivity index (χ4v) is 3.18. The Balaban J connectivity index is 1.58. The van der Waals surface area contributed by atoms with E-state index >= 15 is 0 Å². The van der Waals surface area contributed by atoms with Gasteiger partial charge in [0.05, 0.1) is 0 Å². The third-order valence-corrected chi connectivity index (χ3v) is 4.82. The van der Waals surface area contributed by atoms with Crippen molar-refractivity contribution in [2.75, 3.05) is 6.61 Å². The van der Waals surface area contributed by atoms with Gasteiger partial charge in [-0.2, -0.15) is 0 Å². The first kappa shape index (κ1) is 20.6. The van der Waals surface area contributed by atoms with Gasteiger partial charge in [-0.05, 0) is 44.4 Å². The van der Waals surface area contributed by atoms with E-state index < -0.39 is 5.97 Å². The van der Waals surface area contributed by atoms with Crippen LogP contribution >= 0.6 is 0 Å². The number of Topliss-reactive ketones (excluding diaryl/α,β-unsaturated/α-hetero) is 1. The summed E-state index contributed by atoms with van der Waals surface area (Å²) in [6.45, 7) is 8.83. The summed E-state index contributed by atoms with van der Waals surface area (Å²) in [7, 11) is 0. The number of ether oxygens (including phenoxy) is 1. The van der Waals surface area contributed by atoms with Gasteiger partial charge in [-0.25, -0.2) is 9.78 Å². The van der Waals surface area contributed by atoms with E-state index in [-0.39, 0.29) is 12.4 Å². The number of aryl methyl sites for hydroxylation is 1. The van der Waals surface area contributed by atoms with E-state index in [4.69, 9.17) is 9.15 Å². The van der Waals surface area contributed by atoms with Crippen molar-refractivity contribution in [3.63, 3.8) is 0 Å². The van der Waals surface area contributed by atoms with Gasteiger partial charge in [0.1, 0.15) is 5.52 Å². The lowest BCUT2D eigenvalue weighted by molar-refractivity contribution is -0.136. The molecule has 0 spiro atoms. The van der Waals surface area contributed by atoms with Crippen LogP contribution < -0.4 is 0 Å². The first-order chi connectivity index (χ1) is 13.8. The lowest BCUT2D eigenvalue weighted by atomic mass is 10.1. The van der Waals surface area contributed by atoms with Crippen LogP contribution in [-0.4, -0.2) is 27.9 Å². The summed E-state index contributed by atoms with van der Waals surface area (Å²) >= 11 is 0. The minimum atomic E-state index is -0.616. The molecule has 0 N–H and O–H groups in total. The van der Waals surface area contributed by atoms with Gasteiger partial charge in [0.2, 0.25) is 11.7 Å². The van der Waals surface area contributed by atoms with Gasteiger partial charge in [-0.3, -0.25) is 4.79 Å². The van der Waals surface area contributed by atoms with E-state index in [1.165, 1.54) is 12.2 Å². The maximum Gasteiger partial charge on any atom is 0.331 e. The molecule has 6 nitrogen and oxygen atoms in total. The van der Waals surface area contributed by atoms with Crippen LogP contribution in [0.25, 0.3) is 17.2 Å².